The number of anilines is 1. The Labute approximate surface area is 153 Å². The molecular weight excluding hydrogens is 336 g/mol. The van der Waals surface area contributed by atoms with Crippen LogP contribution in [0.1, 0.15) is 49.1 Å². The fourth-order valence-corrected chi connectivity index (χ4v) is 3.60. The van der Waals surface area contributed by atoms with E-state index in [2.05, 4.69) is 39.1 Å². The number of rotatable bonds is 5. The number of benzene rings is 1. The summed E-state index contributed by atoms with van der Waals surface area (Å²) in [6.07, 6.45) is 4.06. The first kappa shape index (κ1) is 17.7. The van der Waals surface area contributed by atoms with E-state index in [-0.39, 0.29) is 11.8 Å². The van der Waals surface area contributed by atoms with Crippen molar-refractivity contribution in [3.8, 4) is 0 Å². The second-order valence-electron chi connectivity index (χ2n) is 6.70. The van der Waals surface area contributed by atoms with Crippen LogP contribution in [0.25, 0.3) is 0 Å². The Kier molecular flexibility index (Phi) is 5.53. The van der Waals surface area contributed by atoms with Crippen molar-refractivity contribution in [3.05, 3.63) is 52.9 Å². The minimum Gasteiger partial charge on any atom is -0.370 e. The molecule has 1 fully saturated rings. The third kappa shape index (κ3) is 4.48. The molecule has 1 aromatic carbocycles. The van der Waals surface area contributed by atoms with Crippen LogP contribution in [0.4, 0.5) is 5.82 Å². The number of carbonyl (C=O) groups excluding carboxylic acids is 1. The van der Waals surface area contributed by atoms with Crippen LogP contribution in [0.15, 0.2) is 36.7 Å². The molecule has 2 heterocycles. The topological polar surface area (TPSA) is 72.1 Å². The molecule has 5 nitrogen and oxygen atoms in total. The minimum absolute atomic E-state index is 0.163. The van der Waals surface area contributed by atoms with E-state index in [9.17, 15) is 4.79 Å². The molecule has 1 aromatic heterocycles. The Bertz CT molecular complexity index is 726. The Hall–Kier alpha value is -2.14. The van der Waals surface area contributed by atoms with Crippen molar-refractivity contribution in [1.29, 1.82) is 0 Å². The Morgan fingerprint density at radius 1 is 1.28 bits per heavy atom. The number of hydrogen-bond donors (Lipinski definition) is 1. The molecule has 1 aliphatic heterocycles. The molecule has 0 aliphatic carbocycles. The number of aromatic nitrogens is 2. The summed E-state index contributed by atoms with van der Waals surface area (Å²) in [6, 6.07) is 10.4. The summed E-state index contributed by atoms with van der Waals surface area (Å²) in [7, 11) is 0. The van der Waals surface area contributed by atoms with Crippen molar-refractivity contribution in [3.63, 3.8) is 0 Å². The molecule has 6 heteroatoms. The largest absolute Gasteiger partial charge is 0.370 e. The highest BCUT2D eigenvalue weighted by atomic mass is 35.5. The zero-order valence-corrected chi connectivity index (χ0v) is 15.1. The van der Waals surface area contributed by atoms with Gasteiger partial charge in [0.2, 0.25) is 5.91 Å². The monoisotopic (exact) mass is 358 g/mol. The molecule has 0 radical (unpaired) electrons. The lowest BCUT2D eigenvalue weighted by molar-refractivity contribution is -0.118. The van der Waals surface area contributed by atoms with Gasteiger partial charge in [-0.1, -0.05) is 42.8 Å². The maximum atomic E-state index is 11.1. The number of carbonyl (C=O) groups is 1. The van der Waals surface area contributed by atoms with Crippen molar-refractivity contribution in [2.45, 2.75) is 38.0 Å². The van der Waals surface area contributed by atoms with E-state index in [0.29, 0.717) is 17.5 Å². The van der Waals surface area contributed by atoms with Gasteiger partial charge >= 0.3 is 0 Å². The van der Waals surface area contributed by atoms with E-state index < -0.39 is 0 Å². The van der Waals surface area contributed by atoms with Crippen LogP contribution in [-0.2, 0) is 4.79 Å². The predicted molar refractivity (Wildman–Crippen MR) is 99.9 cm³/mol. The van der Waals surface area contributed by atoms with Gasteiger partial charge in [0, 0.05) is 25.6 Å². The van der Waals surface area contributed by atoms with Crippen molar-refractivity contribution in [2.75, 3.05) is 18.0 Å². The molecule has 1 unspecified atom stereocenters. The fourth-order valence-electron chi connectivity index (χ4n) is 3.46. The number of amides is 1. The Morgan fingerprint density at radius 2 is 1.96 bits per heavy atom. The molecule has 2 aromatic rings. The summed E-state index contributed by atoms with van der Waals surface area (Å²) in [4.78, 5) is 21.6. The number of nitrogens with zero attached hydrogens (tertiary/aromatic N) is 3. The van der Waals surface area contributed by atoms with Gasteiger partial charge in [0.25, 0.3) is 0 Å². The number of nitrogens with two attached hydrogens (primary N) is 1. The Morgan fingerprint density at radius 3 is 2.56 bits per heavy atom. The molecule has 2 N–H and O–H groups in total. The SMILES string of the molecule is CC(CC(N)=O)c1ccc(C2CCN(c3cc(Cl)ncn3)CC2)cc1. The quantitative estimate of drug-likeness (QED) is 0.830. The van der Waals surface area contributed by atoms with E-state index >= 15 is 0 Å². The first-order valence-electron chi connectivity index (χ1n) is 8.63. The van der Waals surface area contributed by atoms with E-state index in [1.807, 2.05) is 13.0 Å². The normalized spacial score (nSPS) is 16.6. The van der Waals surface area contributed by atoms with Crippen LogP contribution < -0.4 is 10.6 Å². The molecule has 1 aliphatic rings. The smallest absolute Gasteiger partial charge is 0.218 e. The van der Waals surface area contributed by atoms with Crippen molar-refractivity contribution in [1.82, 2.24) is 9.97 Å². The highest BCUT2D eigenvalue weighted by Crippen LogP contribution is 2.31. The van der Waals surface area contributed by atoms with E-state index in [1.165, 1.54) is 11.9 Å². The summed E-state index contributed by atoms with van der Waals surface area (Å²) < 4.78 is 0. The van der Waals surface area contributed by atoms with Gasteiger partial charge in [-0.25, -0.2) is 9.97 Å². The fraction of sp³-hybridized carbons (Fsp3) is 0.421. The van der Waals surface area contributed by atoms with Crippen molar-refractivity contribution in [2.24, 2.45) is 5.73 Å². The highest BCUT2D eigenvalue weighted by Gasteiger charge is 2.22. The van der Waals surface area contributed by atoms with Gasteiger partial charge in [0.15, 0.2) is 0 Å². The summed E-state index contributed by atoms with van der Waals surface area (Å²) in [5.74, 6) is 1.35. The van der Waals surface area contributed by atoms with Crippen molar-refractivity contribution >= 4 is 23.3 Å². The maximum Gasteiger partial charge on any atom is 0.218 e. The number of piperidine rings is 1. The molecule has 3 rings (SSSR count). The molecule has 132 valence electrons. The zero-order valence-electron chi connectivity index (χ0n) is 14.4. The molecule has 0 bridgehead atoms. The van der Waals surface area contributed by atoms with Crippen molar-refractivity contribution < 1.29 is 4.79 Å². The summed E-state index contributed by atoms with van der Waals surface area (Å²) in [6.45, 7) is 3.95. The number of halogens is 1. The van der Waals surface area contributed by atoms with Crippen LogP contribution in [0.2, 0.25) is 5.15 Å². The maximum absolute atomic E-state index is 11.1. The van der Waals surface area contributed by atoms with Gasteiger partial charge in [0.05, 0.1) is 0 Å². The third-order valence-electron chi connectivity index (χ3n) is 4.92. The highest BCUT2D eigenvalue weighted by molar-refractivity contribution is 6.29. The molecule has 1 amide bonds. The minimum atomic E-state index is -0.256. The second kappa shape index (κ2) is 7.83. The van der Waals surface area contributed by atoms with Crippen LogP contribution in [0, 0.1) is 0 Å². The van der Waals surface area contributed by atoms with Gasteiger partial charge in [-0.2, -0.15) is 0 Å². The first-order valence-corrected chi connectivity index (χ1v) is 9.01. The summed E-state index contributed by atoms with van der Waals surface area (Å²) in [5.41, 5.74) is 7.81. The number of hydrogen-bond acceptors (Lipinski definition) is 4. The van der Waals surface area contributed by atoms with Crippen LogP contribution in [0.5, 0.6) is 0 Å². The molecule has 0 saturated carbocycles. The lowest BCUT2D eigenvalue weighted by Crippen LogP contribution is -2.33. The van der Waals surface area contributed by atoms with Gasteiger partial charge < -0.3 is 10.6 Å². The van der Waals surface area contributed by atoms with Gasteiger partial charge in [-0.05, 0) is 35.8 Å². The average Bonchev–Trinajstić information content (AvgIpc) is 2.61. The van der Waals surface area contributed by atoms with Gasteiger partial charge in [0.1, 0.15) is 17.3 Å². The second-order valence-corrected chi connectivity index (χ2v) is 7.09. The predicted octanol–water partition coefficient (Wildman–Crippen LogP) is 3.49. The summed E-state index contributed by atoms with van der Waals surface area (Å²) >= 11 is 5.95. The lowest BCUT2D eigenvalue weighted by atomic mass is 9.87. The average molecular weight is 359 g/mol. The standard InChI is InChI=1S/C19H23ClN4O/c1-13(10-18(21)25)14-2-4-15(5-3-14)16-6-8-24(9-7-16)19-11-17(20)22-12-23-19/h2-5,11-13,16H,6-10H2,1H3,(H2,21,25). The molecule has 1 atom stereocenters. The van der Waals surface area contributed by atoms with Crippen LogP contribution >= 0.6 is 11.6 Å². The third-order valence-corrected chi connectivity index (χ3v) is 5.13. The molecular formula is C19H23ClN4O. The first-order chi connectivity index (χ1) is 12.0. The molecule has 0 spiro atoms. The van der Waals surface area contributed by atoms with Crippen LogP contribution in [-0.4, -0.2) is 29.0 Å². The van der Waals surface area contributed by atoms with Crippen LogP contribution in [0.3, 0.4) is 0 Å². The summed E-state index contributed by atoms with van der Waals surface area (Å²) in [5, 5.41) is 0.479. The zero-order chi connectivity index (χ0) is 17.8. The van der Waals surface area contributed by atoms with E-state index in [0.717, 1.165) is 37.3 Å². The van der Waals surface area contributed by atoms with Gasteiger partial charge in [-0.3, -0.25) is 4.79 Å². The van der Waals surface area contributed by atoms with Gasteiger partial charge in [-0.15, -0.1) is 0 Å². The van der Waals surface area contributed by atoms with E-state index in [1.54, 1.807) is 0 Å². The molecule has 1 saturated heterocycles. The molecule has 25 heavy (non-hydrogen) atoms. The lowest BCUT2D eigenvalue weighted by Gasteiger charge is -2.33. The van der Waals surface area contributed by atoms with E-state index in [4.69, 9.17) is 17.3 Å². The Balaban J connectivity index is 1.60. The number of primary amides is 1.